The maximum atomic E-state index is 5.95. The van der Waals surface area contributed by atoms with Gasteiger partial charge in [0.2, 0.25) is 0 Å². The van der Waals surface area contributed by atoms with Crippen LogP contribution in [0.15, 0.2) is 19.5 Å². The van der Waals surface area contributed by atoms with Gasteiger partial charge in [-0.1, -0.05) is 11.6 Å². The van der Waals surface area contributed by atoms with Gasteiger partial charge in [-0.15, -0.1) is 0 Å². The average molecular weight is 379 g/mol. The minimum atomic E-state index is 0.563. The second-order valence-electron chi connectivity index (χ2n) is 2.00. The first kappa shape index (κ1) is 10.8. The zero-order valence-electron chi connectivity index (χ0n) is 6.00. The lowest BCUT2D eigenvalue weighted by Crippen LogP contribution is -1.87. The van der Waals surface area contributed by atoms with E-state index in [1.165, 1.54) is 0 Å². The summed E-state index contributed by atoms with van der Waals surface area (Å²) < 4.78 is 7.62. The van der Waals surface area contributed by atoms with Gasteiger partial charge in [-0.05, 0) is 53.9 Å². The Morgan fingerprint density at radius 3 is 2.33 bits per heavy atom. The van der Waals surface area contributed by atoms with E-state index in [0.717, 1.165) is 13.4 Å². The Morgan fingerprint density at radius 1 is 1.25 bits per heavy atom. The predicted octanol–water partition coefficient (Wildman–Crippen LogP) is 4.64. The molecule has 5 heteroatoms. The van der Waals surface area contributed by atoms with Crippen molar-refractivity contribution in [2.45, 2.75) is 0 Å². The summed E-state index contributed by atoms with van der Waals surface area (Å²) in [5.41, 5.74) is 0. The van der Waals surface area contributed by atoms with Crippen molar-refractivity contribution < 1.29 is 4.74 Å². The smallest absolute Gasteiger partial charge is 0.153 e. The van der Waals surface area contributed by atoms with Crippen molar-refractivity contribution in [3.05, 3.63) is 24.5 Å². The van der Waals surface area contributed by atoms with E-state index in [4.69, 9.17) is 16.3 Å². The molecule has 0 radical (unpaired) electrons. The van der Waals surface area contributed by atoms with Gasteiger partial charge in [0.25, 0.3) is 0 Å². The van der Waals surface area contributed by atoms with Crippen LogP contribution in [0.3, 0.4) is 0 Å². The van der Waals surface area contributed by atoms with Crippen molar-refractivity contribution in [1.82, 2.24) is 0 Å². The van der Waals surface area contributed by atoms with Crippen LogP contribution >= 0.6 is 59.4 Å². The highest BCUT2D eigenvalue weighted by atomic mass is 79.9. The number of rotatable bonds is 1. The summed E-state index contributed by atoms with van der Waals surface area (Å²) in [5.74, 6) is 0.623. The standard InChI is InChI=1S/C7H4Br3ClO/c1-12-7-5(10)3(8)2-4(9)6(7)11/h2H,1H3. The van der Waals surface area contributed by atoms with Gasteiger partial charge < -0.3 is 4.74 Å². The van der Waals surface area contributed by atoms with Crippen LogP contribution in [0.1, 0.15) is 0 Å². The molecule has 0 bridgehead atoms. The zero-order valence-corrected chi connectivity index (χ0v) is 11.5. The van der Waals surface area contributed by atoms with Gasteiger partial charge in [0.05, 0.1) is 16.6 Å². The lowest BCUT2D eigenvalue weighted by molar-refractivity contribution is 0.412. The van der Waals surface area contributed by atoms with Gasteiger partial charge in [0.15, 0.2) is 5.75 Å². The molecular weight excluding hydrogens is 375 g/mol. The number of halogens is 4. The van der Waals surface area contributed by atoms with Crippen LogP contribution in [-0.2, 0) is 0 Å². The van der Waals surface area contributed by atoms with Crippen molar-refractivity contribution in [2.24, 2.45) is 0 Å². The third-order valence-corrected chi connectivity index (χ3v) is 4.45. The largest absolute Gasteiger partial charge is 0.494 e. The molecule has 0 fully saturated rings. The fourth-order valence-electron chi connectivity index (χ4n) is 0.730. The van der Waals surface area contributed by atoms with Gasteiger partial charge in [-0.25, -0.2) is 0 Å². The Bertz CT molecular complexity index is 288. The summed E-state index contributed by atoms with van der Waals surface area (Å²) in [4.78, 5) is 0. The fraction of sp³-hybridized carbons (Fsp3) is 0.143. The normalized spacial score (nSPS) is 10.1. The maximum Gasteiger partial charge on any atom is 0.153 e. The minimum absolute atomic E-state index is 0.563. The molecule has 0 unspecified atom stereocenters. The summed E-state index contributed by atoms with van der Waals surface area (Å²) in [5, 5.41) is 0.563. The summed E-state index contributed by atoms with van der Waals surface area (Å²) in [6, 6.07) is 1.86. The van der Waals surface area contributed by atoms with Gasteiger partial charge in [-0.2, -0.15) is 0 Å². The molecule has 0 aliphatic rings. The molecule has 0 saturated carbocycles. The molecule has 1 aromatic carbocycles. The second-order valence-corrected chi connectivity index (χ2v) is 4.88. The van der Waals surface area contributed by atoms with E-state index < -0.39 is 0 Å². The Morgan fingerprint density at radius 2 is 1.83 bits per heavy atom. The number of ether oxygens (including phenoxy) is 1. The number of methoxy groups -OCH3 is 1. The molecule has 0 saturated heterocycles. The van der Waals surface area contributed by atoms with Crippen LogP contribution in [-0.4, -0.2) is 7.11 Å². The number of hydrogen-bond acceptors (Lipinski definition) is 1. The highest BCUT2D eigenvalue weighted by molar-refractivity contribution is 9.13. The van der Waals surface area contributed by atoms with Crippen LogP contribution in [0.4, 0.5) is 0 Å². The van der Waals surface area contributed by atoms with Crippen LogP contribution in [0.25, 0.3) is 0 Å². The van der Waals surface area contributed by atoms with Crippen LogP contribution in [0.5, 0.6) is 5.75 Å². The van der Waals surface area contributed by atoms with Crippen molar-refractivity contribution in [2.75, 3.05) is 7.11 Å². The molecule has 0 aliphatic heterocycles. The first-order valence-electron chi connectivity index (χ1n) is 2.95. The Hall–Kier alpha value is 0.750. The zero-order chi connectivity index (χ0) is 9.30. The molecule has 1 rings (SSSR count). The molecule has 0 N–H and O–H groups in total. The van der Waals surface area contributed by atoms with Crippen molar-refractivity contribution in [1.29, 1.82) is 0 Å². The highest BCUT2D eigenvalue weighted by Crippen LogP contribution is 2.42. The van der Waals surface area contributed by atoms with E-state index in [9.17, 15) is 0 Å². The lowest BCUT2D eigenvalue weighted by atomic mass is 10.3. The Labute approximate surface area is 101 Å². The van der Waals surface area contributed by atoms with E-state index in [2.05, 4.69) is 47.8 Å². The maximum absolute atomic E-state index is 5.95. The summed E-state index contributed by atoms with van der Waals surface area (Å²) >= 11 is 16.0. The lowest BCUT2D eigenvalue weighted by Gasteiger charge is -2.08. The quantitative estimate of drug-likeness (QED) is 0.647. The van der Waals surface area contributed by atoms with Gasteiger partial charge in [-0.3, -0.25) is 0 Å². The van der Waals surface area contributed by atoms with Crippen molar-refractivity contribution >= 4 is 59.4 Å². The van der Waals surface area contributed by atoms with Crippen molar-refractivity contribution in [3.8, 4) is 5.75 Å². The Kier molecular flexibility index (Phi) is 3.89. The first-order valence-corrected chi connectivity index (χ1v) is 5.70. The molecule has 1 nitrogen and oxygen atoms in total. The molecule has 0 heterocycles. The highest BCUT2D eigenvalue weighted by Gasteiger charge is 2.12. The van der Waals surface area contributed by atoms with Crippen LogP contribution in [0, 0.1) is 0 Å². The van der Waals surface area contributed by atoms with Gasteiger partial charge in [0.1, 0.15) is 0 Å². The molecular formula is C7H4Br3ClO. The third kappa shape index (κ3) is 1.97. The van der Waals surface area contributed by atoms with Gasteiger partial charge >= 0.3 is 0 Å². The topological polar surface area (TPSA) is 9.23 Å². The monoisotopic (exact) mass is 376 g/mol. The average Bonchev–Trinajstić information content (AvgIpc) is 2.02. The van der Waals surface area contributed by atoms with Crippen LogP contribution in [0.2, 0.25) is 5.02 Å². The molecule has 0 amide bonds. The van der Waals surface area contributed by atoms with E-state index in [1.807, 2.05) is 6.07 Å². The van der Waals surface area contributed by atoms with E-state index in [0.29, 0.717) is 10.8 Å². The molecule has 0 atom stereocenters. The summed E-state index contributed by atoms with van der Waals surface area (Å²) in [6.07, 6.45) is 0. The second kappa shape index (κ2) is 4.31. The molecule has 12 heavy (non-hydrogen) atoms. The molecule has 0 aliphatic carbocycles. The fourth-order valence-corrected chi connectivity index (χ4v) is 2.67. The molecule has 1 aromatic rings. The predicted molar refractivity (Wildman–Crippen MR) is 61.1 cm³/mol. The van der Waals surface area contributed by atoms with E-state index >= 15 is 0 Å². The SMILES string of the molecule is COc1c(Cl)c(Br)cc(Br)c1Br. The number of benzene rings is 1. The first-order chi connectivity index (χ1) is 5.57. The van der Waals surface area contributed by atoms with Crippen molar-refractivity contribution in [3.63, 3.8) is 0 Å². The minimum Gasteiger partial charge on any atom is -0.494 e. The third-order valence-electron chi connectivity index (χ3n) is 1.28. The Balaban J connectivity index is 3.42. The van der Waals surface area contributed by atoms with Gasteiger partial charge in [0, 0.05) is 8.95 Å². The summed E-state index contributed by atoms with van der Waals surface area (Å²) in [6.45, 7) is 0. The number of hydrogen-bond donors (Lipinski definition) is 0. The molecule has 0 spiro atoms. The molecule has 0 aromatic heterocycles. The van der Waals surface area contributed by atoms with Crippen LogP contribution < -0.4 is 4.74 Å². The van der Waals surface area contributed by atoms with E-state index in [-0.39, 0.29) is 0 Å². The molecule has 66 valence electrons. The summed E-state index contributed by atoms with van der Waals surface area (Å²) in [7, 11) is 1.57. The van der Waals surface area contributed by atoms with E-state index in [1.54, 1.807) is 7.11 Å².